The summed E-state index contributed by atoms with van der Waals surface area (Å²) < 4.78 is 0. The summed E-state index contributed by atoms with van der Waals surface area (Å²) in [7, 11) is 1.74. The fourth-order valence-electron chi connectivity index (χ4n) is 1.83. The van der Waals surface area contributed by atoms with E-state index in [9.17, 15) is 4.79 Å². The number of rotatable bonds is 3. The van der Waals surface area contributed by atoms with Gasteiger partial charge in [-0.15, -0.1) is 0 Å². The summed E-state index contributed by atoms with van der Waals surface area (Å²) in [5.41, 5.74) is 6.60. The van der Waals surface area contributed by atoms with Gasteiger partial charge in [0.1, 0.15) is 0 Å². The molecule has 0 saturated heterocycles. The number of halogens is 2. The maximum absolute atomic E-state index is 12.4. The highest BCUT2D eigenvalue weighted by atomic mass is 35.5. The fourth-order valence-corrected chi connectivity index (χ4v) is 2.40. The van der Waals surface area contributed by atoms with Crippen molar-refractivity contribution in [3.63, 3.8) is 0 Å². The molecule has 0 saturated carbocycles. The van der Waals surface area contributed by atoms with Crippen LogP contribution in [0.3, 0.4) is 0 Å². The Kier molecular flexibility index (Phi) is 5.47. The van der Waals surface area contributed by atoms with Crippen molar-refractivity contribution in [2.45, 2.75) is 39.8 Å². The molecular weight excluding hydrogens is 295 g/mol. The van der Waals surface area contributed by atoms with Crippen LogP contribution in [0.25, 0.3) is 0 Å². The zero-order chi connectivity index (χ0) is 15.7. The second kappa shape index (κ2) is 6.33. The van der Waals surface area contributed by atoms with Crippen LogP contribution in [0.1, 0.15) is 39.3 Å². The van der Waals surface area contributed by atoms with Crippen molar-refractivity contribution < 1.29 is 4.79 Å². The molecular formula is C15H22Cl2N2O. The zero-order valence-electron chi connectivity index (χ0n) is 12.6. The second-order valence-corrected chi connectivity index (χ2v) is 6.98. The Balaban J connectivity index is 2.97. The standard InChI is InChI=1S/C15H22Cl2N2O/c1-9(11-7-6-10(16)8-12(11)17)19(5)14(20)13(18)15(2,3)4/h6-9,13H,18H2,1-5H3/t9?,13-/m1/s1. The first-order chi connectivity index (χ1) is 9.05. The van der Waals surface area contributed by atoms with Gasteiger partial charge >= 0.3 is 0 Å². The second-order valence-electron chi connectivity index (χ2n) is 6.13. The quantitative estimate of drug-likeness (QED) is 0.919. The minimum Gasteiger partial charge on any atom is -0.338 e. The summed E-state index contributed by atoms with van der Waals surface area (Å²) in [5.74, 6) is -0.101. The number of nitrogens with zero attached hydrogens (tertiary/aromatic N) is 1. The Morgan fingerprint density at radius 3 is 2.30 bits per heavy atom. The Labute approximate surface area is 131 Å². The molecule has 3 nitrogen and oxygen atoms in total. The molecule has 1 unspecified atom stereocenters. The van der Waals surface area contributed by atoms with Gasteiger partial charge in [-0.3, -0.25) is 4.79 Å². The number of hydrogen-bond donors (Lipinski definition) is 1. The van der Waals surface area contributed by atoms with Crippen LogP contribution < -0.4 is 5.73 Å². The molecule has 2 N–H and O–H groups in total. The third-order valence-electron chi connectivity index (χ3n) is 3.54. The van der Waals surface area contributed by atoms with Crippen molar-refractivity contribution >= 4 is 29.1 Å². The van der Waals surface area contributed by atoms with Gasteiger partial charge in [-0.2, -0.15) is 0 Å². The Hall–Kier alpha value is -0.770. The lowest BCUT2D eigenvalue weighted by atomic mass is 9.86. The summed E-state index contributed by atoms with van der Waals surface area (Å²) in [6.07, 6.45) is 0. The first kappa shape index (κ1) is 17.3. The van der Waals surface area contributed by atoms with Crippen LogP contribution in [-0.4, -0.2) is 23.9 Å². The number of nitrogens with two attached hydrogens (primary N) is 1. The molecule has 0 aliphatic carbocycles. The lowest BCUT2D eigenvalue weighted by Gasteiger charge is -2.33. The van der Waals surface area contributed by atoms with Crippen LogP contribution in [0.5, 0.6) is 0 Å². The first-order valence-corrected chi connectivity index (χ1v) is 7.28. The fraction of sp³-hybridized carbons (Fsp3) is 0.533. The largest absolute Gasteiger partial charge is 0.338 e. The monoisotopic (exact) mass is 316 g/mol. The summed E-state index contributed by atoms with van der Waals surface area (Å²) in [6, 6.07) is 4.56. The Bertz CT molecular complexity index is 497. The van der Waals surface area contributed by atoms with Crippen molar-refractivity contribution in [1.29, 1.82) is 0 Å². The number of likely N-dealkylation sites (N-methyl/N-ethyl adjacent to an activating group) is 1. The van der Waals surface area contributed by atoms with Crippen molar-refractivity contribution in [3.05, 3.63) is 33.8 Å². The lowest BCUT2D eigenvalue weighted by molar-refractivity contribution is -0.135. The van der Waals surface area contributed by atoms with Crippen LogP contribution in [-0.2, 0) is 4.79 Å². The van der Waals surface area contributed by atoms with E-state index in [1.807, 2.05) is 33.8 Å². The van der Waals surface area contributed by atoms with Gasteiger partial charge < -0.3 is 10.6 Å². The highest BCUT2D eigenvalue weighted by molar-refractivity contribution is 6.35. The zero-order valence-corrected chi connectivity index (χ0v) is 14.1. The summed E-state index contributed by atoms with van der Waals surface area (Å²) in [4.78, 5) is 14.0. The third kappa shape index (κ3) is 3.87. The summed E-state index contributed by atoms with van der Waals surface area (Å²) in [5, 5.41) is 1.13. The molecule has 0 bridgehead atoms. The third-order valence-corrected chi connectivity index (χ3v) is 4.10. The molecule has 0 aliphatic heterocycles. The molecule has 20 heavy (non-hydrogen) atoms. The van der Waals surface area contributed by atoms with Crippen molar-refractivity contribution in [3.8, 4) is 0 Å². The van der Waals surface area contributed by atoms with Gasteiger partial charge in [-0.25, -0.2) is 0 Å². The maximum atomic E-state index is 12.4. The molecule has 0 aliphatic rings. The number of carbonyl (C=O) groups is 1. The number of hydrogen-bond acceptors (Lipinski definition) is 2. The first-order valence-electron chi connectivity index (χ1n) is 6.53. The minimum atomic E-state index is -0.555. The molecule has 0 spiro atoms. The molecule has 0 heterocycles. The molecule has 5 heteroatoms. The van der Waals surface area contributed by atoms with Gasteiger partial charge in [0.05, 0.1) is 12.1 Å². The Morgan fingerprint density at radius 2 is 1.85 bits per heavy atom. The van der Waals surface area contributed by atoms with E-state index in [1.165, 1.54) is 0 Å². The van der Waals surface area contributed by atoms with E-state index in [4.69, 9.17) is 28.9 Å². The van der Waals surface area contributed by atoms with E-state index < -0.39 is 6.04 Å². The van der Waals surface area contributed by atoms with E-state index in [-0.39, 0.29) is 17.4 Å². The van der Waals surface area contributed by atoms with Gasteiger partial charge in [-0.05, 0) is 30.0 Å². The summed E-state index contributed by atoms with van der Waals surface area (Å²) >= 11 is 12.1. The van der Waals surface area contributed by atoms with Gasteiger partial charge in [-0.1, -0.05) is 50.0 Å². The number of carbonyl (C=O) groups excluding carboxylic acids is 1. The van der Waals surface area contributed by atoms with Crippen LogP contribution in [0.15, 0.2) is 18.2 Å². The van der Waals surface area contributed by atoms with E-state index in [2.05, 4.69) is 0 Å². The predicted octanol–water partition coefficient (Wildman–Crippen LogP) is 3.89. The van der Waals surface area contributed by atoms with E-state index in [1.54, 1.807) is 24.1 Å². The molecule has 1 aromatic carbocycles. The van der Waals surface area contributed by atoms with Crippen LogP contribution in [0.4, 0.5) is 0 Å². The highest BCUT2D eigenvalue weighted by Crippen LogP contribution is 2.30. The molecule has 1 amide bonds. The minimum absolute atomic E-state index is 0.101. The van der Waals surface area contributed by atoms with Crippen molar-refractivity contribution in [2.75, 3.05) is 7.05 Å². The maximum Gasteiger partial charge on any atom is 0.240 e. The molecule has 1 rings (SSSR count). The molecule has 1 aromatic rings. The van der Waals surface area contributed by atoms with E-state index >= 15 is 0 Å². The van der Waals surface area contributed by atoms with Gasteiger partial charge in [0, 0.05) is 17.1 Å². The average molecular weight is 317 g/mol. The van der Waals surface area contributed by atoms with Gasteiger partial charge in [0.2, 0.25) is 5.91 Å². The highest BCUT2D eigenvalue weighted by Gasteiger charge is 2.32. The van der Waals surface area contributed by atoms with Crippen LogP contribution >= 0.6 is 23.2 Å². The normalized spacial score (nSPS) is 14.8. The van der Waals surface area contributed by atoms with Crippen LogP contribution in [0, 0.1) is 5.41 Å². The average Bonchev–Trinajstić information content (AvgIpc) is 2.34. The molecule has 112 valence electrons. The Morgan fingerprint density at radius 1 is 1.30 bits per heavy atom. The van der Waals surface area contributed by atoms with Gasteiger partial charge in [0.25, 0.3) is 0 Å². The molecule has 0 fully saturated rings. The summed E-state index contributed by atoms with van der Waals surface area (Å²) in [6.45, 7) is 7.76. The smallest absolute Gasteiger partial charge is 0.240 e. The van der Waals surface area contributed by atoms with Crippen LogP contribution in [0.2, 0.25) is 10.0 Å². The van der Waals surface area contributed by atoms with Gasteiger partial charge in [0.15, 0.2) is 0 Å². The van der Waals surface area contributed by atoms with Crippen molar-refractivity contribution in [2.24, 2.45) is 11.1 Å². The SMILES string of the molecule is CC(c1ccc(Cl)cc1Cl)N(C)C(=O)[C@@H](N)C(C)(C)C. The molecule has 0 aromatic heterocycles. The van der Waals surface area contributed by atoms with E-state index in [0.717, 1.165) is 5.56 Å². The topological polar surface area (TPSA) is 46.3 Å². The number of benzene rings is 1. The molecule has 0 radical (unpaired) electrons. The number of amides is 1. The van der Waals surface area contributed by atoms with E-state index in [0.29, 0.717) is 10.0 Å². The molecule has 2 atom stereocenters. The van der Waals surface area contributed by atoms with Crippen molar-refractivity contribution in [1.82, 2.24) is 4.90 Å². The predicted molar refractivity (Wildman–Crippen MR) is 85.1 cm³/mol. The lowest BCUT2D eigenvalue weighted by Crippen LogP contribution is -2.49.